The van der Waals surface area contributed by atoms with E-state index in [1.807, 2.05) is 0 Å². The Morgan fingerprint density at radius 1 is 1.64 bits per heavy atom. The van der Waals surface area contributed by atoms with E-state index in [1.54, 1.807) is 0 Å². The van der Waals surface area contributed by atoms with E-state index in [9.17, 15) is 0 Å². The molecule has 0 saturated carbocycles. The molecule has 0 bridgehead atoms. The van der Waals surface area contributed by atoms with Crippen molar-refractivity contribution in [2.75, 3.05) is 13.1 Å². The van der Waals surface area contributed by atoms with Crippen molar-refractivity contribution in [3.05, 3.63) is 0 Å². The van der Waals surface area contributed by atoms with E-state index < -0.39 is 0 Å². The summed E-state index contributed by atoms with van der Waals surface area (Å²) in [5.74, 6) is 0. The van der Waals surface area contributed by atoms with E-state index in [4.69, 9.17) is 0 Å². The molecule has 2 atom stereocenters. The van der Waals surface area contributed by atoms with Crippen LogP contribution in [0.3, 0.4) is 0 Å². The van der Waals surface area contributed by atoms with Crippen LogP contribution in [0, 0.1) is 0 Å². The standard InChI is InChI=1S/C9H18BrN/c1-3-11-6-4-5-9(11)7-8(2)10/h8-9H,3-7H2,1-2H3. The maximum atomic E-state index is 3.61. The predicted molar refractivity (Wildman–Crippen MR) is 53.3 cm³/mol. The molecule has 1 saturated heterocycles. The van der Waals surface area contributed by atoms with Gasteiger partial charge < -0.3 is 4.90 Å². The van der Waals surface area contributed by atoms with Crippen molar-refractivity contribution in [2.24, 2.45) is 0 Å². The first-order valence-electron chi connectivity index (χ1n) is 4.62. The van der Waals surface area contributed by atoms with Crippen molar-refractivity contribution in [3.8, 4) is 0 Å². The second-order valence-electron chi connectivity index (χ2n) is 3.44. The number of halogens is 1. The van der Waals surface area contributed by atoms with Gasteiger partial charge in [-0.1, -0.05) is 29.8 Å². The van der Waals surface area contributed by atoms with Crippen LogP contribution in [0.5, 0.6) is 0 Å². The van der Waals surface area contributed by atoms with E-state index in [1.165, 1.54) is 32.4 Å². The van der Waals surface area contributed by atoms with Crippen molar-refractivity contribution in [3.63, 3.8) is 0 Å². The summed E-state index contributed by atoms with van der Waals surface area (Å²) in [5, 5.41) is 0. The van der Waals surface area contributed by atoms with Crippen LogP contribution in [0.15, 0.2) is 0 Å². The van der Waals surface area contributed by atoms with Gasteiger partial charge in [-0.15, -0.1) is 0 Å². The summed E-state index contributed by atoms with van der Waals surface area (Å²) in [4.78, 5) is 3.28. The van der Waals surface area contributed by atoms with Gasteiger partial charge in [0.15, 0.2) is 0 Å². The van der Waals surface area contributed by atoms with Crippen LogP contribution < -0.4 is 0 Å². The van der Waals surface area contributed by atoms with Crippen LogP contribution in [0.1, 0.15) is 33.1 Å². The van der Waals surface area contributed by atoms with E-state index >= 15 is 0 Å². The van der Waals surface area contributed by atoms with E-state index in [2.05, 4.69) is 34.7 Å². The Balaban J connectivity index is 2.31. The monoisotopic (exact) mass is 219 g/mol. The molecular weight excluding hydrogens is 202 g/mol. The molecule has 1 aliphatic rings. The third kappa shape index (κ3) is 2.75. The molecule has 0 aromatic rings. The summed E-state index contributed by atoms with van der Waals surface area (Å²) in [6, 6.07) is 0.856. The summed E-state index contributed by atoms with van der Waals surface area (Å²) in [5.41, 5.74) is 0. The maximum absolute atomic E-state index is 3.61. The Hall–Kier alpha value is 0.440. The van der Waals surface area contributed by atoms with Gasteiger partial charge in [-0.2, -0.15) is 0 Å². The zero-order chi connectivity index (χ0) is 8.27. The zero-order valence-electron chi connectivity index (χ0n) is 7.52. The molecule has 1 nitrogen and oxygen atoms in total. The third-order valence-corrected chi connectivity index (χ3v) is 2.88. The third-order valence-electron chi connectivity index (χ3n) is 2.50. The van der Waals surface area contributed by atoms with Gasteiger partial charge in [-0.3, -0.25) is 0 Å². The van der Waals surface area contributed by atoms with Crippen LogP contribution in [0.25, 0.3) is 0 Å². The molecule has 0 radical (unpaired) electrons. The molecule has 0 amide bonds. The molecule has 1 heterocycles. The zero-order valence-corrected chi connectivity index (χ0v) is 9.10. The minimum absolute atomic E-state index is 0.680. The molecule has 0 aliphatic carbocycles. The van der Waals surface area contributed by atoms with Crippen LogP contribution in [0.2, 0.25) is 0 Å². The Labute approximate surface area is 78.3 Å². The van der Waals surface area contributed by atoms with Gasteiger partial charge >= 0.3 is 0 Å². The minimum Gasteiger partial charge on any atom is -0.301 e. The highest BCUT2D eigenvalue weighted by Gasteiger charge is 2.23. The number of nitrogens with zero attached hydrogens (tertiary/aromatic N) is 1. The van der Waals surface area contributed by atoms with Gasteiger partial charge in [0.25, 0.3) is 0 Å². The smallest absolute Gasteiger partial charge is 0.0132 e. The summed E-state index contributed by atoms with van der Waals surface area (Å²) in [6.45, 7) is 7.05. The fourth-order valence-electron chi connectivity index (χ4n) is 1.95. The van der Waals surface area contributed by atoms with Gasteiger partial charge in [0.2, 0.25) is 0 Å². The lowest BCUT2D eigenvalue weighted by atomic mass is 10.1. The van der Waals surface area contributed by atoms with Crippen LogP contribution >= 0.6 is 15.9 Å². The van der Waals surface area contributed by atoms with Gasteiger partial charge in [0.05, 0.1) is 0 Å². The summed E-state index contributed by atoms with van der Waals surface area (Å²) < 4.78 is 0. The molecular formula is C9H18BrN. The van der Waals surface area contributed by atoms with Crippen molar-refractivity contribution >= 4 is 15.9 Å². The number of alkyl halides is 1. The molecule has 0 aromatic carbocycles. The fourth-order valence-corrected chi connectivity index (χ4v) is 2.38. The quantitative estimate of drug-likeness (QED) is 0.661. The average molecular weight is 220 g/mol. The van der Waals surface area contributed by atoms with Crippen molar-refractivity contribution in [1.29, 1.82) is 0 Å². The van der Waals surface area contributed by atoms with E-state index in [-0.39, 0.29) is 0 Å². The molecule has 0 spiro atoms. The minimum atomic E-state index is 0.680. The van der Waals surface area contributed by atoms with Crippen molar-refractivity contribution in [1.82, 2.24) is 4.90 Å². The Morgan fingerprint density at radius 3 is 2.91 bits per heavy atom. The number of likely N-dealkylation sites (tertiary alicyclic amines) is 1. The first kappa shape index (κ1) is 9.53. The van der Waals surface area contributed by atoms with Crippen molar-refractivity contribution in [2.45, 2.75) is 44.0 Å². The Kier molecular flexibility index (Phi) is 3.86. The van der Waals surface area contributed by atoms with Gasteiger partial charge in [0, 0.05) is 10.9 Å². The second-order valence-corrected chi connectivity index (χ2v) is 5.00. The molecule has 2 unspecified atom stereocenters. The highest BCUT2D eigenvalue weighted by atomic mass is 79.9. The number of hydrogen-bond acceptors (Lipinski definition) is 1. The summed E-state index contributed by atoms with van der Waals surface area (Å²) in [6.07, 6.45) is 4.12. The van der Waals surface area contributed by atoms with E-state index in [0.29, 0.717) is 4.83 Å². The predicted octanol–water partition coefficient (Wildman–Crippen LogP) is 2.64. The van der Waals surface area contributed by atoms with Crippen LogP contribution in [-0.4, -0.2) is 28.9 Å². The van der Waals surface area contributed by atoms with E-state index in [0.717, 1.165) is 6.04 Å². The number of rotatable bonds is 3. The molecule has 1 aliphatic heterocycles. The Bertz CT molecular complexity index is 114. The highest BCUT2D eigenvalue weighted by Crippen LogP contribution is 2.22. The van der Waals surface area contributed by atoms with Gasteiger partial charge in [-0.05, 0) is 32.4 Å². The van der Waals surface area contributed by atoms with Gasteiger partial charge in [0.1, 0.15) is 0 Å². The lowest BCUT2D eigenvalue weighted by Gasteiger charge is -2.23. The molecule has 0 N–H and O–H groups in total. The maximum Gasteiger partial charge on any atom is 0.0132 e. The molecule has 1 rings (SSSR count). The number of hydrogen-bond donors (Lipinski definition) is 0. The van der Waals surface area contributed by atoms with Crippen molar-refractivity contribution < 1.29 is 0 Å². The average Bonchev–Trinajstić information content (AvgIpc) is 2.34. The molecule has 1 fully saturated rings. The lowest BCUT2D eigenvalue weighted by Crippen LogP contribution is -2.30. The summed E-state index contributed by atoms with van der Waals surface area (Å²) >= 11 is 3.61. The lowest BCUT2D eigenvalue weighted by molar-refractivity contribution is 0.256. The first-order valence-corrected chi connectivity index (χ1v) is 5.53. The highest BCUT2D eigenvalue weighted by molar-refractivity contribution is 9.09. The second kappa shape index (κ2) is 4.46. The SMILES string of the molecule is CCN1CCCC1CC(C)Br. The Morgan fingerprint density at radius 2 is 2.36 bits per heavy atom. The topological polar surface area (TPSA) is 3.24 Å². The fraction of sp³-hybridized carbons (Fsp3) is 1.00. The normalized spacial score (nSPS) is 29.2. The van der Waals surface area contributed by atoms with Gasteiger partial charge in [-0.25, -0.2) is 0 Å². The molecule has 11 heavy (non-hydrogen) atoms. The summed E-state index contributed by atoms with van der Waals surface area (Å²) in [7, 11) is 0. The van der Waals surface area contributed by atoms with Crippen LogP contribution in [-0.2, 0) is 0 Å². The largest absolute Gasteiger partial charge is 0.301 e. The molecule has 0 aromatic heterocycles. The first-order chi connectivity index (χ1) is 5.24. The van der Waals surface area contributed by atoms with Crippen LogP contribution in [0.4, 0.5) is 0 Å². The molecule has 2 heteroatoms. The molecule has 66 valence electrons.